The minimum absolute atomic E-state index is 0.404. The number of nitro benzene ring substituents is 1. The van der Waals surface area contributed by atoms with E-state index in [1.165, 1.54) is 25.0 Å². The molecule has 1 fully saturated rings. The highest BCUT2D eigenvalue weighted by atomic mass is 79.9. The first-order chi connectivity index (χ1) is 8.09. The van der Waals surface area contributed by atoms with Gasteiger partial charge in [-0.1, -0.05) is 28.1 Å². The lowest BCUT2D eigenvalue weighted by Gasteiger charge is -2.08. The molecule has 1 aromatic rings. The Hall–Kier alpha value is -0.970. The van der Waals surface area contributed by atoms with E-state index in [1.54, 1.807) is 6.07 Å². The summed E-state index contributed by atoms with van der Waals surface area (Å²) in [6, 6.07) is 4.36. The van der Waals surface area contributed by atoms with Crippen molar-refractivity contribution in [1.29, 1.82) is 0 Å². The second kappa shape index (κ2) is 5.12. The summed E-state index contributed by atoms with van der Waals surface area (Å²) in [5, 5.41) is 10.6. The average Bonchev–Trinajstić information content (AvgIpc) is 3.10. The van der Waals surface area contributed by atoms with Gasteiger partial charge in [0.1, 0.15) is 0 Å². The molecule has 1 aliphatic carbocycles. The van der Waals surface area contributed by atoms with Gasteiger partial charge in [-0.3, -0.25) is 10.1 Å². The molecular weight excluding hydrogens is 289 g/mol. The van der Waals surface area contributed by atoms with E-state index in [4.69, 9.17) is 0 Å². The lowest BCUT2D eigenvalue weighted by atomic mass is 10.1. The van der Waals surface area contributed by atoms with Crippen LogP contribution in [0.5, 0.6) is 0 Å². The Morgan fingerprint density at radius 2 is 2.24 bits per heavy atom. The molecule has 17 heavy (non-hydrogen) atoms. The molecule has 1 atom stereocenters. The van der Waals surface area contributed by atoms with E-state index in [-0.39, 0.29) is 0 Å². The molecule has 1 unspecified atom stereocenters. The van der Waals surface area contributed by atoms with Crippen LogP contribution < -0.4 is 0 Å². The van der Waals surface area contributed by atoms with E-state index in [0.717, 1.165) is 6.42 Å². The summed E-state index contributed by atoms with van der Waals surface area (Å²) < 4.78 is 13.7. The molecule has 3 nitrogen and oxygen atoms in total. The van der Waals surface area contributed by atoms with Gasteiger partial charge >= 0.3 is 5.69 Å². The molecule has 0 aromatic heterocycles. The number of nitro groups is 1. The predicted octanol–water partition coefficient (Wildman–Crippen LogP) is 3.84. The summed E-state index contributed by atoms with van der Waals surface area (Å²) in [5.74, 6) is 0.0183. The minimum Gasteiger partial charge on any atom is -0.258 e. The summed E-state index contributed by atoms with van der Waals surface area (Å²) in [6.45, 7) is 0. The van der Waals surface area contributed by atoms with Crippen LogP contribution in [-0.4, -0.2) is 9.75 Å². The molecule has 0 N–H and O–H groups in total. The summed E-state index contributed by atoms with van der Waals surface area (Å²) in [4.78, 5) is 10.3. The summed E-state index contributed by atoms with van der Waals surface area (Å²) in [6.07, 6.45) is 3.82. The Labute approximate surface area is 107 Å². The fourth-order valence-electron chi connectivity index (χ4n) is 1.89. The highest BCUT2D eigenvalue weighted by Gasteiger charge is 2.29. The van der Waals surface area contributed by atoms with E-state index in [0.29, 0.717) is 22.7 Å². The van der Waals surface area contributed by atoms with Crippen LogP contribution in [0.1, 0.15) is 24.8 Å². The number of nitrogens with zero attached hydrogens (tertiary/aromatic N) is 1. The molecular formula is C12H13BrFNO2. The van der Waals surface area contributed by atoms with E-state index < -0.39 is 16.4 Å². The maximum atomic E-state index is 13.7. The van der Waals surface area contributed by atoms with Gasteiger partial charge in [0.2, 0.25) is 5.82 Å². The first-order valence-electron chi connectivity index (χ1n) is 5.65. The normalized spacial score (nSPS) is 16.8. The third kappa shape index (κ3) is 3.03. The van der Waals surface area contributed by atoms with Crippen LogP contribution in [0.2, 0.25) is 0 Å². The lowest BCUT2D eigenvalue weighted by molar-refractivity contribution is -0.387. The van der Waals surface area contributed by atoms with Crippen molar-refractivity contribution in [2.24, 2.45) is 5.92 Å². The van der Waals surface area contributed by atoms with Gasteiger partial charge in [-0.15, -0.1) is 0 Å². The van der Waals surface area contributed by atoms with Gasteiger partial charge in [0, 0.05) is 10.9 Å². The number of aryl methyl sites for hydroxylation is 1. The molecule has 1 aromatic carbocycles. The van der Waals surface area contributed by atoms with E-state index >= 15 is 0 Å². The number of benzene rings is 1. The van der Waals surface area contributed by atoms with E-state index in [9.17, 15) is 14.5 Å². The van der Waals surface area contributed by atoms with Crippen molar-refractivity contribution in [3.8, 4) is 0 Å². The van der Waals surface area contributed by atoms with Crippen LogP contribution in [0.3, 0.4) is 0 Å². The van der Waals surface area contributed by atoms with Crippen molar-refractivity contribution in [3.05, 3.63) is 39.7 Å². The van der Waals surface area contributed by atoms with Gasteiger partial charge in [0.25, 0.3) is 0 Å². The molecule has 5 heteroatoms. The fourth-order valence-corrected chi connectivity index (χ4v) is 2.64. The zero-order chi connectivity index (χ0) is 12.4. The zero-order valence-corrected chi connectivity index (χ0v) is 10.8. The van der Waals surface area contributed by atoms with Crippen LogP contribution >= 0.6 is 15.9 Å². The molecule has 1 aliphatic rings. The highest BCUT2D eigenvalue weighted by molar-refractivity contribution is 9.09. The van der Waals surface area contributed by atoms with E-state index in [1.807, 2.05) is 0 Å². The van der Waals surface area contributed by atoms with Crippen LogP contribution in [0.15, 0.2) is 18.2 Å². The Kier molecular flexibility index (Phi) is 3.76. The SMILES string of the molecule is O=[N+]([O-])c1cccc(CCC(Br)C2CC2)c1F. The maximum Gasteiger partial charge on any atom is 0.305 e. The fraction of sp³-hybridized carbons (Fsp3) is 0.500. The third-order valence-corrected chi connectivity index (χ3v) is 4.28. The molecule has 2 rings (SSSR count). The van der Waals surface area contributed by atoms with Gasteiger partial charge in [-0.05, 0) is 37.2 Å². The Bertz CT molecular complexity index is 435. The van der Waals surface area contributed by atoms with Gasteiger partial charge < -0.3 is 0 Å². The molecule has 0 spiro atoms. The first kappa shape index (κ1) is 12.5. The number of halogens is 2. The quantitative estimate of drug-likeness (QED) is 0.471. The van der Waals surface area contributed by atoms with Gasteiger partial charge in [0.05, 0.1) is 4.92 Å². The standard InChI is InChI=1S/C12H13BrFNO2/c13-10(8-4-5-8)7-6-9-2-1-3-11(12(9)14)15(16)17/h1-3,8,10H,4-7H2. The van der Waals surface area contributed by atoms with Gasteiger partial charge in [0.15, 0.2) is 0 Å². The highest BCUT2D eigenvalue weighted by Crippen LogP contribution is 2.38. The smallest absolute Gasteiger partial charge is 0.258 e. The van der Waals surface area contributed by atoms with Crippen molar-refractivity contribution >= 4 is 21.6 Å². The largest absolute Gasteiger partial charge is 0.305 e. The number of alkyl halides is 1. The van der Waals surface area contributed by atoms with Crippen molar-refractivity contribution in [1.82, 2.24) is 0 Å². The zero-order valence-electron chi connectivity index (χ0n) is 9.23. The summed E-state index contributed by atoms with van der Waals surface area (Å²) >= 11 is 3.58. The average molecular weight is 302 g/mol. The van der Waals surface area contributed by atoms with Gasteiger partial charge in [-0.25, -0.2) is 0 Å². The van der Waals surface area contributed by atoms with Crippen molar-refractivity contribution < 1.29 is 9.31 Å². The van der Waals surface area contributed by atoms with Crippen LogP contribution in [0.25, 0.3) is 0 Å². The lowest BCUT2D eigenvalue weighted by Crippen LogP contribution is -2.04. The number of hydrogen-bond donors (Lipinski definition) is 0. The van der Waals surface area contributed by atoms with Crippen LogP contribution in [0, 0.1) is 21.8 Å². The summed E-state index contributed by atoms with van der Waals surface area (Å²) in [5.41, 5.74) is 0.00402. The molecule has 1 saturated carbocycles. The van der Waals surface area contributed by atoms with Crippen LogP contribution in [0.4, 0.5) is 10.1 Å². The third-order valence-electron chi connectivity index (χ3n) is 3.08. The molecule has 0 amide bonds. The molecule has 92 valence electrons. The molecule has 0 aliphatic heterocycles. The molecule has 0 heterocycles. The molecule has 0 bridgehead atoms. The topological polar surface area (TPSA) is 43.1 Å². The molecule has 0 radical (unpaired) electrons. The van der Waals surface area contributed by atoms with E-state index in [2.05, 4.69) is 15.9 Å². The predicted molar refractivity (Wildman–Crippen MR) is 66.8 cm³/mol. The number of hydrogen-bond acceptors (Lipinski definition) is 2. The monoisotopic (exact) mass is 301 g/mol. The van der Waals surface area contributed by atoms with Crippen LogP contribution in [-0.2, 0) is 6.42 Å². The maximum absolute atomic E-state index is 13.7. The van der Waals surface area contributed by atoms with Crippen molar-refractivity contribution in [3.63, 3.8) is 0 Å². The number of rotatable bonds is 5. The summed E-state index contributed by atoms with van der Waals surface area (Å²) in [7, 11) is 0. The van der Waals surface area contributed by atoms with Gasteiger partial charge in [-0.2, -0.15) is 4.39 Å². The molecule has 0 saturated heterocycles. The Morgan fingerprint density at radius 3 is 2.82 bits per heavy atom. The first-order valence-corrected chi connectivity index (χ1v) is 6.57. The second-order valence-electron chi connectivity index (χ2n) is 4.40. The van der Waals surface area contributed by atoms with Crippen molar-refractivity contribution in [2.75, 3.05) is 0 Å². The second-order valence-corrected chi connectivity index (χ2v) is 5.58. The Morgan fingerprint density at radius 1 is 1.53 bits per heavy atom. The Balaban J connectivity index is 2.04. The minimum atomic E-state index is -0.687. The van der Waals surface area contributed by atoms with Crippen molar-refractivity contribution in [2.45, 2.75) is 30.5 Å².